The van der Waals surface area contributed by atoms with Gasteiger partial charge in [-0.3, -0.25) is 0 Å². The summed E-state index contributed by atoms with van der Waals surface area (Å²) in [5.41, 5.74) is 0.198. The molecule has 110 valence electrons. The third kappa shape index (κ3) is 2.71. The second-order valence-corrected chi connectivity index (χ2v) is 5.67. The zero-order chi connectivity index (χ0) is 14.9. The number of ether oxygens (including phenoxy) is 2. The fourth-order valence-corrected chi connectivity index (χ4v) is 2.80. The molecule has 0 amide bonds. The van der Waals surface area contributed by atoms with Gasteiger partial charge in [0.15, 0.2) is 11.5 Å². The Balaban J connectivity index is 2.03. The number of hydrogen-bond acceptors (Lipinski definition) is 3. The van der Waals surface area contributed by atoms with E-state index in [2.05, 4.69) is 0 Å². The maximum Gasteiger partial charge on any atom is 0.161 e. The molecule has 1 unspecified atom stereocenters. The topological polar surface area (TPSA) is 38.7 Å². The van der Waals surface area contributed by atoms with E-state index in [9.17, 15) is 5.11 Å². The van der Waals surface area contributed by atoms with Gasteiger partial charge in [0.25, 0.3) is 0 Å². The van der Waals surface area contributed by atoms with Crippen molar-refractivity contribution < 1.29 is 14.6 Å². The first-order valence-electron chi connectivity index (χ1n) is 6.96. The molecule has 0 fully saturated rings. The summed E-state index contributed by atoms with van der Waals surface area (Å²) in [5, 5.41) is 11.5. The number of halogens is 1. The van der Waals surface area contributed by atoms with Crippen molar-refractivity contribution in [2.75, 3.05) is 13.2 Å². The quantitative estimate of drug-likeness (QED) is 0.918. The van der Waals surface area contributed by atoms with Gasteiger partial charge >= 0.3 is 0 Å². The van der Waals surface area contributed by atoms with E-state index < -0.39 is 5.60 Å². The van der Waals surface area contributed by atoms with E-state index in [-0.39, 0.29) is 0 Å². The lowest BCUT2D eigenvalue weighted by atomic mass is 9.88. The van der Waals surface area contributed by atoms with Crippen LogP contribution in [-0.4, -0.2) is 18.3 Å². The van der Waals surface area contributed by atoms with Gasteiger partial charge in [0.1, 0.15) is 5.60 Å². The molecule has 3 rings (SSSR count). The van der Waals surface area contributed by atoms with E-state index in [1.165, 1.54) is 0 Å². The van der Waals surface area contributed by atoms with E-state index in [0.29, 0.717) is 35.3 Å². The van der Waals surface area contributed by atoms with E-state index in [1.54, 1.807) is 13.0 Å². The Hall–Kier alpha value is -1.71. The number of hydrogen-bond donors (Lipinski definition) is 1. The first kappa shape index (κ1) is 14.2. The van der Waals surface area contributed by atoms with Gasteiger partial charge in [0.05, 0.1) is 13.2 Å². The largest absolute Gasteiger partial charge is 0.490 e. The SMILES string of the molecule is CC(O)(c1ccc2c(c1)OCCCO2)c1ccccc1Cl. The predicted molar refractivity (Wildman–Crippen MR) is 82.2 cm³/mol. The highest BCUT2D eigenvalue weighted by molar-refractivity contribution is 6.31. The van der Waals surface area contributed by atoms with Crippen molar-refractivity contribution in [1.29, 1.82) is 0 Å². The van der Waals surface area contributed by atoms with Crippen molar-refractivity contribution in [2.24, 2.45) is 0 Å². The maximum absolute atomic E-state index is 10.9. The highest BCUT2D eigenvalue weighted by Gasteiger charge is 2.29. The van der Waals surface area contributed by atoms with Gasteiger partial charge in [0, 0.05) is 17.0 Å². The van der Waals surface area contributed by atoms with E-state index in [0.717, 1.165) is 12.0 Å². The molecule has 1 atom stereocenters. The normalized spacial score (nSPS) is 16.9. The van der Waals surface area contributed by atoms with Gasteiger partial charge < -0.3 is 14.6 Å². The summed E-state index contributed by atoms with van der Waals surface area (Å²) in [5.74, 6) is 1.38. The minimum absolute atomic E-state index is 0.537. The van der Waals surface area contributed by atoms with Crippen LogP contribution in [0.5, 0.6) is 11.5 Å². The molecule has 1 N–H and O–H groups in total. The molecule has 1 aliphatic heterocycles. The molecule has 3 nitrogen and oxygen atoms in total. The molecule has 0 radical (unpaired) electrons. The first-order chi connectivity index (χ1) is 10.1. The van der Waals surface area contributed by atoms with Crippen molar-refractivity contribution in [3.05, 3.63) is 58.6 Å². The molecule has 0 spiro atoms. The maximum atomic E-state index is 10.9. The van der Waals surface area contributed by atoms with Gasteiger partial charge in [0.2, 0.25) is 0 Å². The van der Waals surface area contributed by atoms with Gasteiger partial charge in [-0.1, -0.05) is 35.9 Å². The summed E-state index contributed by atoms with van der Waals surface area (Å²) in [7, 11) is 0. The Morgan fingerprint density at radius 2 is 1.76 bits per heavy atom. The molecule has 2 aromatic carbocycles. The second-order valence-electron chi connectivity index (χ2n) is 5.26. The van der Waals surface area contributed by atoms with Crippen LogP contribution in [0, 0.1) is 0 Å². The van der Waals surface area contributed by atoms with Crippen LogP contribution in [0.4, 0.5) is 0 Å². The highest BCUT2D eigenvalue weighted by atomic mass is 35.5. The van der Waals surface area contributed by atoms with Crippen molar-refractivity contribution in [3.8, 4) is 11.5 Å². The molecule has 0 aromatic heterocycles. The summed E-state index contributed by atoms with van der Waals surface area (Å²) >= 11 is 6.21. The standard InChI is InChI=1S/C17H17ClO3/c1-17(19,13-5-2-3-6-14(13)18)12-7-8-15-16(11-12)21-10-4-9-20-15/h2-3,5-8,11,19H,4,9-10H2,1H3. The minimum atomic E-state index is -1.19. The van der Waals surface area contributed by atoms with Crippen LogP contribution in [0.2, 0.25) is 5.02 Å². The summed E-state index contributed by atoms with van der Waals surface area (Å²) < 4.78 is 11.3. The Labute approximate surface area is 129 Å². The van der Waals surface area contributed by atoms with Crippen LogP contribution in [0.25, 0.3) is 0 Å². The molecule has 21 heavy (non-hydrogen) atoms. The first-order valence-corrected chi connectivity index (χ1v) is 7.34. The van der Waals surface area contributed by atoms with Crippen LogP contribution < -0.4 is 9.47 Å². The Morgan fingerprint density at radius 3 is 2.52 bits per heavy atom. The monoisotopic (exact) mass is 304 g/mol. The summed E-state index contributed by atoms with van der Waals surface area (Å²) in [6.45, 7) is 2.99. The van der Waals surface area contributed by atoms with Crippen molar-refractivity contribution in [1.82, 2.24) is 0 Å². The Kier molecular flexibility index (Phi) is 3.79. The summed E-state index contributed by atoms with van der Waals surface area (Å²) in [4.78, 5) is 0. The van der Waals surface area contributed by atoms with Crippen LogP contribution >= 0.6 is 11.6 Å². The smallest absolute Gasteiger partial charge is 0.161 e. The third-order valence-corrected chi connectivity index (χ3v) is 4.04. The zero-order valence-corrected chi connectivity index (χ0v) is 12.6. The lowest BCUT2D eigenvalue weighted by Gasteiger charge is -2.26. The van der Waals surface area contributed by atoms with Crippen LogP contribution in [0.3, 0.4) is 0 Å². The molecule has 4 heteroatoms. The minimum Gasteiger partial charge on any atom is -0.490 e. The fraction of sp³-hybridized carbons (Fsp3) is 0.294. The van der Waals surface area contributed by atoms with E-state index in [1.807, 2.05) is 36.4 Å². The van der Waals surface area contributed by atoms with Crippen LogP contribution in [0.15, 0.2) is 42.5 Å². The van der Waals surface area contributed by atoms with Crippen molar-refractivity contribution >= 4 is 11.6 Å². The second kappa shape index (κ2) is 5.58. The van der Waals surface area contributed by atoms with Gasteiger partial charge in [-0.05, 0) is 30.7 Å². The average Bonchev–Trinajstić information content (AvgIpc) is 2.72. The molecule has 1 aliphatic rings. The predicted octanol–water partition coefficient (Wildman–Crippen LogP) is 3.76. The molecular weight excluding hydrogens is 288 g/mol. The number of benzene rings is 2. The lowest BCUT2D eigenvalue weighted by Crippen LogP contribution is -2.23. The fourth-order valence-electron chi connectivity index (χ4n) is 2.48. The third-order valence-electron chi connectivity index (χ3n) is 3.71. The van der Waals surface area contributed by atoms with Crippen molar-refractivity contribution in [3.63, 3.8) is 0 Å². The average molecular weight is 305 g/mol. The van der Waals surface area contributed by atoms with Gasteiger partial charge in [-0.2, -0.15) is 0 Å². The van der Waals surface area contributed by atoms with Crippen LogP contribution in [0.1, 0.15) is 24.5 Å². The molecule has 0 bridgehead atoms. The molecule has 1 heterocycles. The van der Waals surface area contributed by atoms with Crippen LogP contribution in [-0.2, 0) is 5.60 Å². The summed E-state index contributed by atoms with van der Waals surface area (Å²) in [6, 6.07) is 12.8. The van der Waals surface area contributed by atoms with E-state index in [4.69, 9.17) is 21.1 Å². The number of fused-ring (bicyclic) bond motifs is 1. The van der Waals surface area contributed by atoms with Crippen molar-refractivity contribution in [2.45, 2.75) is 18.9 Å². The van der Waals surface area contributed by atoms with Gasteiger partial charge in [-0.25, -0.2) is 0 Å². The Bertz CT molecular complexity index is 652. The lowest BCUT2D eigenvalue weighted by molar-refractivity contribution is 0.102. The number of rotatable bonds is 2. The summed E-state index contributed by atoms with van der Waals surface area (Å²) in [6.07, 6.45) is 0.852. The Morgan fingerprint density at radius 1 is 1.05 bits per heavy atom. The molecular formula is C17H17ClO3. The molecule has 0 saturated heterocycles. The highest BCUT2D eigenvalue weighted by Crippen LogP contribution is 2.38. The van der Waals surface area contributed by atoms with E-state index >= 15 is 0 Å². The molecule has 0 saturated carbocycles. The zero-order valence-electron chi connectivity index (χ0n) is 11.8. The molecule has 2 aromatic rings. The number of aliphatic hydroxyl groups is 1. The molecule has 0 aliphatic carbocycles. The van der Waals surface area contributed by atoms with Gasteiger partial charge in [-0.15, -0.1) is 0 Å².